The normalized spacial score (nSPS) is 16.7. The van der Waals surface area contributed by atoms with Crippen LogP contribution in [0, 0.1) is 13.8 Å². The molecule has 3 heterocycles. The lowest BCUT2D eigenvalue weighted by atomic mass is 9.96. The molecule has 0 aliphatic carbocycles. The second-order valence-electron chi connectivity index (χ2n) is 9.93. The first kappa shape index (κ1) is 29.1. The number of anilines is 2. The zero-order chi connectivity index (χ0) is 30.2. The van der Waals surface area contributed by atoms with E-state index in [-0.39, 0.29) is 12.1 Å². The Morgan fingerprint density at radius 2 is 1.79 bits per heavy atom. The van der Waals surface area contributed by atoms with Crippen molar-refractivity contribution in [2.45, 2.75) is 25.9 Å². The van der Waals surface area contributed by atoms with Crippen LogP contribution in [0.4, 0.5) is 11.4 Å². The van der Waals surface area contributed by atoms with Gasteiger partial charge in [-0.05, 0) is 74.1 Å². The number of thiocarbonyl (C=S) groups is 1. The van der Waals surface area contributed by atoms with E-state index in [0.29, 0.717) is 33.5 Å². The Balaban J connectivity index is 1.69. The number of carbonyl (C=O) groups is 1. The lowest BCUT2D eigenvalue weighted by molar-refractivity contribution is 0.0600. The molecule has 4 aromatic rings. The highest BCUT2D eigenvalue weighted by molar-refractivity contribution is 7.92. The zero-order valence-electron chi connectivity index (χ0n) is 23.8. The minimum atomic E-state index is -3.52. The smallest absolute Gasteiger partial charge is 0.339 e. The average Bonchev–Trinajstić information content (AvgIpc) is 3.47. The number of esters is 1. The van der Waals surface area contributed by atoms with Crippen molar-refractivity contribution in [1.82, 2.24) is 14.9 Å². The summed E-state index contributed by atoms with van der Waals surface area (Å²) in [6.45, 7) is 3.99. The predicted octanol–water partition coefficient (Wildman–Crippen LogP) is 4.83. The molecule has 0 spiro atoms. The molecule has 0 unspecified atom stereocenters. The number of sulfonamides is 1. The third-order valence-corrected chi connectivity index (χ3v) is 8.10. The van der Waals surface area contributed by atoms with Gasteiger partial charge < -0.3 is 24.3 Å². The number of rotatable bonds is 8. The number of nitrogens with one attached hydrogen (secondary N) is 2. The number of aromatic nitrogens is 2. The zero-order valence-corrected chi connectivity index (χ0v) is 25.4. The van der Waals surface area contributed by atoms with Crippen LogP contribution in [0.3, 0.4) is 0 Å². The standard InChI is InChI=1S/C30H31N5O5S2/c1-18-16-22(19(2)34(18)25-12-7-6-10-21(25)29(36)40-4)28-27(24-11-8-9-15-31-24)32-30(41)35(28)20-13-14-23(26(17-20)39-3)33-42(5,37)38/h6-17,27-28,33H,1-5H3,(H,32,41)/t27-,28-/m1/s1. The van der Waals surface area contributed by atoms with E-state index in [9.17, 15) is 13.2 Å². The van der Waals surface area contributed by atoms with Crippen LogP contribution in [-0.4, -0.2) is 49.5 Å². The van der Waals surface area contributed by atoms with Crippen LogP contribution in [-0.2, 0) is 14.8 Å². The second-order valence-corrected chi connectivity index (χ2v) is 12.1. The molecular weight excluding hydrogens is 574 g/mol. The van der Waals surface area contributed by atoms with E-state index < -0.39 is 16.0 Å². The fourth-order valence-corrected chi connectivity index (χ4v) is 6.39. The monoisotopic (exact) mass is 605 g/mol. The molecule has 10 nitrogen and oxygen atoms in total. The molecule has 0 bridgehead atoms. The summed E-state index contributed by atoms with van der Waals surface area (Å²) in [7, 11) is -0.676. The van der Waals surface area contributed by atoms with Gasteiger partial charge in [0.25, 0.3) is 0 Å². The van der Waals surface area contributed by atoms with Crippen molar-refractivity contribution in [3.05, 3.63) is 101 Å². The molecule has 1 fully saturated rings. The van der Waals surface area contributed by atoms with E-state index in [4.69, 9.17) is 21.7 Å². The number of hydrogen-bond donors (Lipinski definition) is 2. The van der Waals surface area contributed by atoms with Crippen LogP contribution < -0.4 is 19.7 Å². The van der Waals surface area contributed by atoms with E-state index in [1.807, 2.05) is 53.6 Å². The van der Waals surface area contributed by atoms with Gasteiger partial charge in [0.1, 0.15) is 5.75 Å². The first-order chi connectivity index (χ1) is 20.0. The maximum absolute atomic E-state index is 12.7. The molecule has 218 valence electrons. The largest absolute Gasteiger partial charge is 0.494 e. The van der Waals surface area contributed by atoms with E-state index in [2.05, 4.69) is 21.1 Å². The third kappa shape index (κ3) is 5.42. The molecule has 2 atom stereocenters. The van der Waals surface area contributed by atoms with Crippen molar-refractivity contribution < 1.29 is 22.7 Å². The number of hydrogen-bond acceptors (Lipinski definition) is 7. The Labute approximate surface area is 250 Å². The van der Waals surface area contributed by atoms with Crippen LogP contribution in [0.25, 0.3) is 5.69 Å². The van der Waals surface area contributed by atoms with Gasteiger partial charge in [0, 0.05) is 29.3 Å². The number of aryl methyl sites for hydroxylation is 1. The van der Waals surface area contributed by atoms with Gasteiger partial charge in [-0.25, -0.2) is 13.2 Å². The summed E-state index contributed by atoms with van der Waals surface area (Å²) in [6, 6.07) is 19.7. The summed E-state index contributed by atoms with van der Waals surface area (Å²) in [5, 5.41) is 3.92. The van der Waals surface area contributed by atoms with Gasteiger partial charge in [-0.3, -0.25) is 9.71 Å². The number of ether oxygens (including phenoxy) is 2. The molecule has 0 radical (unpaired) electrons. The lowest BCUT2D eigenvalue weighted by Crippen LogP contribution is -2.29. The minimum Gasteiger partial charge on any atom is -0.494 e. The van der Waals surface area contributed by atoms with Crippen LogP contribution in [0.15, 0.2) is 72.9 Å². The van der Waals surface area contributed by atoms with Crippen molar-refractivity contribution >= 4 is 44.7 Å². The summed E-state index contributed by atoms with van der Waals surface area (Å²) in [4.78, 5) is 19.3. The second kappa shape index (κ2) is 11.5. The highest BCUT2D eigenvalue weighted by Crippen LogP contribution is 2.45. The van der Waals surface area contributed by atoms with Gasteiger partial charge in [-0.2, -0.15) is 0 Å². The summed E-state index contributed by atoms with van der Waals surface area (Å²) < 4.78 is 39.0. The van der Waals surface area contributed by atoms with E-state index >= 15 is 0 Å². The fourth-order valence-electron chi connectivity index (χ4n) is 5.47. The van der Waals surface area contributed by atoms with Crippen molar-refractivity contribution in [3.63, 3.8) is 0 Å². The summed E-state index contributed by atoms with van der Waals surface area (Å²) >= 11 is 5.89. The third-order valence-electron chi connectivity index (χ3n) is 7.20. The van der Waals surface area contributed by atoms with E-state index in [1.54, 1.807) is 36.5 Å². The summed E-state index contributed by atoms with van der Waals surface area (Å²) in [5.74, 6) is -0.0792. The Kier molecular flexibility index (Phi) is 7.93. The van der Waals surface area contributed by atoms with Crippen molar-refractivity contribution in [1.29, 1.82) is 0 Å². The molecule has 2 aromatic heterocycles. The molecule has 1 aliphatic rings. The van der Waals surface area contributed by atoms with Gasteiger partial charge in [-0.1, -0.05) is 18.2 Å². The van der Waals surface area contributed by atoms with Crippen molar-refractivity contribution in [2.75, 3.05) is 30.1 Å². The van der Waals surface area contributed by atoms with Crippen LogP contribution in [0.5, 0.6) is 5.75 Å². The number of benzene rings is 2. The Morgan fingerprint density at radius 1 is 1.05 bits per heavy atom. The molecule has 12 heteroatoms. The number of nitrogens with zero attached hydrogens (tertiary/aromatic N) is 3. The van der Waals surface area contributed by atoms with E-state index in [0.717, 1.165) is 28.9 Å². The van der Waals surface area contributed by atoms with E-state index in [1.165, 1.54) is 14.2 Å². The lowest BCUT2D eigenvalue weighted by Gasteiger charge is -2.29. The SMILES string of the molecule is COC(=O)c1ccccc1-n1c(C)cc([C@@H]2[C@@H](c3ccccn3)NC(=S)N2c2ccc(NS(C)(=O)=O)c(OC)c2)c1C. The Morgan fingerprint density at radius 3 is 2.45 bits per heavy atom. The van der Waals surface area contributed by atoms with Gasteiger partial charge >= 0.3 is 5.97 Å². The van der Waals surface area contributed by atoms with Crippen molar-refractivity contribution in [2.24, 2.45) is 0 Å². The fraction of sp³-hybridized carbons (Fsp3) is 0.233. The molecule has 2 aromatic carbocycles. The average molecular weight is 606 g/mol. The first-order valence-corrected chi connectivity index (χ1v) is 15.4. The molecule has 2 N–H and O–H groups in total. The molecule has 0 amide bonds. The topological polar surface area (TPSA) is 115 Å². The molecule has 5 rings (SSSR count). The quantitative estimate of drug-likeness (QED) is 0.215. The number of carbonyl (C=O) groups excluding carboxylic acids is 1. The number of pyridine rings is 1. The van der Waals surface area contributed by atoms with Gasteiger partial charge in [0.2, 0.25) is 10.0 Å². The number of methoxy groups -OCH3 is 2. The molecular formula is C30H31N5O5S2. The van der Waals surface area contributed by atoms with Crippen LogP contribution in [0.2, 0.25) is 0 Å². The molecule has 0 saturated carbocycles. The van der Waals surface area contributed by atoms with Gasteiger partial charge in [-0.15, -0.1) is 0 Å². The molecule has 42 heavy (non-hydrogen) atoms. The van der Waals surface area contributed by atoms with Gasteiger partial charge in [0.15, 0.2) is 5.11 Å². The highest BCUT2D eigenvalue weighted by Gasteiger charge is 2.42. The minimum absolute atomic E-state index is 0.316. The molecule has 1 saturated heterocycles. The maximum Gasteiger partial charge on any atom is 0.339 e. The van der Waals surface area contributed by atoms with Gasteiger partial charge in [0.05, 0.1) is 55.2 Å². The van der Waals surface area contributed by atoms with Crippen LogP contribution >= 0.6 is 12.2 Å². The first-order valence-electron chi connectivity index (χ1n) is 13.1. The van der Waals surface area contributed by atoms with Crippen molar-refractivity contribution in [3.8, 4) is 11.4 Å². The maximum atomic E-state index is 12.7. The summed E-state index contributed by atoms with van der Waals surface area (Å²) in [5.41, 5.74) is 5.77. The summed E-state index contributed by atoms with van der Waals surface area (Å²) in [6.07, 6.45) is 2.83. The molecule has 1 aliphatic heterocycles. The highest BCUT2D eigenvalue weighted by atomic mass is 32.2. The Hall–Kier alpha value is -4.42. The van der Waals surface area contributed by atoms with Crippen LogP contribution in [0.1, 0.15) is 45.1 Å². The number of para-hydroxylation sites is 1. The predicted molar refractivity (Wildman–Crippen MR) is 166 cm³/mol. The Bertz CT molecular complexity index is 1770.